The van der Waals surface area contributed by atoms with Gasteiger partial charge in [-0.1, -0.05) is 0 Å². The van der Waals surface area contributed by atoms with Crippen LogP contribution in [-0.2, 0) is 6.54 Å². The second-order valence-corrected chi connectivity index (χ2v) is 21.2. The molecule has 33 heavy (non-hydrogen) atoms. The molecule has 162 valence electrons. The van der Waals surface area contributed by atoms with Crippen LogP contribution in [-0.4, -0.2) is 28.8 Å². The molecule has 0 atom stereocenters. The summed E-state index contributed by atoms with van der Waals surface area (Å²) in [6, 6.07) is 39.5. The first kappa shape index (κ1) is 21.8. The van der Waals surface area contributed by atoms with Crippen molar-refractivity contribution in [3.05, 3.63) is 126 Å². The molecule has 1 aliphatic rings. The monoisotopic (exact) mass is 557 g/mol. The summed E-state index contributed by atoms with van der Waals surface area (Å²) in [7, 11) is 1.73. The van der Waals surface area contributed by atoms with E-state index >= 15 is 0 Å². The maximum atomic E-state index is 7.12. The average Bonchev–Trinajstić information content (AvgIpc) is 2.97. The van der Waals surface area contributed by atoms with Gasteiger partial charge in [0.15, 0.2) is 0 Å². The number of hydrazone groups is 1. The third kappa shape index (κ3) is 4.99. The Labute approximate surface area is 201 Å². The summed E-state index contributed by atoms with van der Waals surface area (Å²) in [5.74, 6) is 0.850. The molecule has 0 bridgehead atoms. The molecule has 0 saturated carbocycles. The summed E-state index contributed by atoms with van der Waals surface area (Å²) < 4.78 is 9.58. The number of hydrogen-bond donors (Lipinski definition) is 1. The number of benzene rings is 4. The molecule has 4 nitrogen and oxygen atoms in total. The molecule has 0 aromatic heterocycles. The van der Waals surface area contributed by atoms with Gasteiger partial charge in [-0.3, -0.25) is 0 Å². The van der Waals surface area contributed by atoms with Crippen LogP contribution in [0.2, 0.25) is 0 Å². The molecule has 5 rings (SSSR count). The van der Waals surface area contributed by atoms with E-state index in [4.69, 9.17) is 8.07 Å². The van der Waals surface area contributed by atoms with Crippen LogP contribution >= 0.6 is 8.95 Å². The molecular weight excluding hydrogens is 533 g/mol. The first-order valence-corrected chi connectivity index (χ1v) is 19.1. The van der Waals surface area contributed by atoms with E-state index in [2.05, 4.69) is 71.2 Å². The van der Waals surface area contributed by atoms with Crippen molar-refractivity contribution in [2.24, 2.45) is 10.1 Å². The Morgan fingerprint density at radius 3 is 1.97 bits per heavy atom. The number of amidine groups is 1. The topological polar surface area (TPSA) is 46.0 Å². The van der Waals surface area contributed by atoms with Crippen LogP contribution in [0.5, 0.6) is 5.75 Å². The van der Waals surface area contributed by atoms with E-state index in [0.717, 1.165) is 22.0 Å². The van der Waals surface area contributed by atoms with E-state index in [-0.39, 0.29) is 0 Å². The number of para-hydroxylation sites is 1. The average molecular weight is 556 g/mol. The number of nitrogens with one attached hydrogen (secondary N) is 1. The summed E-state index contributed by atoms with van der Waals surface area (Å²) in [6.07, 6.45) is 1.81. The fourth-order valence-electron chi connectivity index (χ4n) is 3.70. The molecule has 0 fully saturated rings. The van der Waals surface area contributed by atoms with E-state index in [9.17, 15) is 0 Å². The number of hydrogen-bond acceptors (Lipinski definition) is 4. The van der Waals surface area contributed by atoms with Crippen LogP contribution in [0.3, 0.4) is 0 Å². The van der Waals surface area contributed by atoms with Crippen molar-refractivity contribution in [3.63, 3.8) is 0 Å². The van der Waals surface area contributed by atoms with Gasteiger partial charge in [0, 0.05) is 0 Å². The Balaban J connectivity index is 1.66. The Kier molecular flexibility index (Phi) is 6.78. The third-order valence-electron chi connectivity index (χ3n) is 5.33. The molecule has 0 amide bonds. The Morgan fingerprint density at radius 1 is 0.727 bits per heavy atom. The van der Waals surface area contributed by atoms with Crippen molar-refractivity contribution >= 4 is 44.9 Å². The zero-order chi connectivity index (χ0) is 22.3. The van der Waals surface area contributed by atoms with Crippen LogP contribution < -0.4 is 15.7 Å². The Hall–Kier alpha value is -3.03. The molecule has 0 radical (unpaired) electrons. The van der Waals surface area contributed by atoms with Gasteiger partial charge < -0.3 is 0 Å². The van der Waals surface area contributed by atoms with E-state index in [1.807, 2.05) is 60.8 Å². The molecule has 0 aliphatic carbocycles. The van der Waals surface area contributed by atoms with Gasteiger partial charge in [-0.15, -0.1) is 0 Å². The van der Waals surface area contributed by atoms with E-state index in [1.54, 1.807) is 8.95 Å². The second kappa shape index (κ2) is 10.3. The molecule has 4 aromatic rings. The molecule has 1 aliphatic heterocycles. The quantitative estimate of drug-likeness (QED) is 0.376. The predicted octanol–water partition coefficient (Wildman–Crippen LogP) is 4.55. The fourth-order valence-corrected chi connectivity index (χ4v) is 19.2. The van der Waals surface area contributed by atoms with Crippen LogP contribution in [0.1, 0.15) is 11.1 Å². The summed E-state index contributed by atoms with van der Waals surface area (Å²) in [6.45, 7) is 0.574. The Morgan fingerprint density at radius 2 is 1.30 bits per heavy atom. The molecule has 1 heterocycles. The molecule has 0 spiro atoms. The minimum atomic E-state index is -3.88. The van der Waals surface area contributed by atoms with Gasteiger partial charge >= 0.3 is 202 Å². The van der Waals surface area contributed by atoms with Crippen LogP contribution in [0.15, 0.2) is 125 Å². The molecule has 0 saturated heterocycles. The molecule has 4 aromatic carbocycles. The van der Waals surface area contributed by atoms with Crippen molar-refractivity contribution < 1.29 is 3.07 Å². The summed E-state index contributed by atoms with van der Waals surface area (Å²) >= 11 is -3.88. The minimum absolute atomic E-state index is 0.574. The van der Waals surface area contributed by atoms with Gasteiger partial charge in [-0.2, -0.15) is 0 Å². The number of aliphatic imine (C=N–C) groups is 1. The summed E-state index contributed by atoms with van der Waals surface area (Å²) in [4.78, 5) is 4.93. The summed E-state index contributed by atoms with van der Waals surface area (Å²) in [5.41, 5.74) is 5.32. The zero-order valence-electron chi connectivity index (χ0n) is 18.0. The molecule has 1 N–H and O–H groups in total. The van der Waals surface area contributed by atoms with Crippen LogP contribution in [0.4, 0.5) is 0 Å². The molecule has 6 heteroatoms. The maximum absolute atomic E-state index is 7.12. The van der Waals surface area contributed by atoms with Crippen LogP contribution in [0.25, 0.3) is 0 Å². The predicted molar refractivity (Wildman–Crippen MR) is 141 cm³/mol. The zero-order valence-corrected chi connectivity index (χ0v) is 21.6. The van der Waals surface area contributed by atoms with E-state index < -0.39 is 17.4 Å². The summed E-state index contributed by atoms with van der Waals surface area (Å²) in [5, 5.41) is 5.28. The van der Waals surface area contributed by atoms with Crippen molar-refractivity contribution in [1.82, 2.24) is 5.43 Å². The van der Waals surface area contributed by atoms with Crippen molar-refractivity contribution in [1.29, 1.82) is 0 Å². The second-order valence-electron chi connectivity index (χ2n) is 7.57. The van der Waals surface area contributed by atoms with Gasteiger partial charge in [0.05, 0.1) is 0 Å². The fraction of sp³-hybridized carbons (Fsp3) is 0.0370. The Bertz CT molecular complexity index is 1220. The number of fused-ring (bicyclic) bond motifs is 1. The van der Waals surface area contributed by atoms with Gasteiger partial charge in [0.1, 0.15) is 0 Å². The third-order valence-corrected chi connectivity index (χ3v) is 21.6. The van der Waals surface area contributed by atoms with Crippen LogP contribution in [0, 0.1) is 0 Å². The standard InChI is InChI=1S/C15H15N3OS.2C6H5.Sn/c19-14-9-5-4-8-13(14)11-17-18-15(20)16-10-12-6-2-1-3-7-12;2*1-2-4-6-5-3-1;/h1-9,11,19H,10H2,(H2,16,18,20);2*1-5H;/q;;;+2/p-2/b17-11+;;;. The number of rotatable bonds is 4. The van der Waals surface area contributed by atoms with Crippen molar-refractivity contribution in [3.8, 4) is 5.75 Å². The number of nitrogens with zero attached hydrogens (tertiary/aromatic N) is 2. The van der Waals surface area contributed by atoms with Gasteiger partial charge in [0.25, 0.3) is 0 Å². The SMILES string of the molecule is C1=N/NC(=NCc2ccccc2)[S][Sn]([c]2ccccc2)([c]2ccccc2)[O]c2ccccc2/1. The van der Waals surface area contributed by atoms with Crippen molar-refractivity contribution in [2.45, 2.75) is 6.54 Å². The van der Waals surface area contributed by atoms with Gasteiger partial charge in [-0.05, 0) is 0 Å². The first-order valence-electron chi connectivity index (χ1n) is 10.8. The van der Waals surface area contributed by atoms with E-state index in [1.165, 1.54) is 7.16 Å². The van der Waals surface area contributed by atoms with Gasteiger partial charge in [-0.25, -0.2) is 0 Å². The van der Waals surface area contributed by atoms with Gasteiger partial charge in [0.2, 0.25) is 0 Å². The first-order chi connectivity index (χ1) is 16.3. The van der Waals surface area contributed by atoms with Crippen molar-refractivity contribution in [2.75, 3.05) is 0 Å². The van der Waals surface area contributed by atoms with E-state index in [0.29, 0.717) is 6.54 Å². The molecule has 0 unspecified atom stereocenters. The normalized spacial score (nSPS) is 16.9. The molecular formula is C27H23N3OSSn.